The molecule has 4 nitrogen and oxygen atoms in total. The fourth-order valence-corrected chi connectivity index (χ4v) is 2.21. The third-order valence-corrected chi connectivity index (χ3v) is 3.08. The molecular formula is C13H11ClF3NO3. The highest BCUT2D eigenvalue weighted by Crippen LogP contribution is 2.26. The standard InChI is InChI=1S/C13H11ClF3NO3/c14-9-3-7-1-2-21-11(7)8(4-9)6-18-10(12(19)20)5-13(15,16)17/h1-4,10,18H,5-6H2,(H,19,20). The molecule has 0 aliphatic carbocycles. The summed E-state index contributed by atoms with van der Waals surface area (Å²) in [6.07, 6.45) is -4.59. The molecule has 0 saturated heterocycles. The van der Waals surface area contributed by atoms with E-state index in [0.29, 0.717) is 21.6 Å². The molecule has 0 radical (unpaired) electrons. The van der Waals surface area contributed by atoms with Crippen LogP contribution in [0.25, 0.3) is 11.0 Å². The van der Waals surface area contributed by atoms with Gasteiger partial charge >= 0.3 is 12.1 Å². The van der Waals surface area contributed by atoms with Gasteiger partial charge in [-0.2, -0.15) is 13.2 Å². The molecular weight excluding hydrogens is 311 g/mol. The molecule has 8 heteroatoms. The summed E-state index contributed by atoms with van der Waals surface area (Å²) < 4.78 is 42.2. The Kier molecular flexibility index (Phi) is 4.43. The lowest BCUT2D eigenvalue weighted by molar-refractivity contribution is -0.158. The van der Waals surface area contributed by atoms with Crippen molar-refractivity contribution in [3.8, 4) is 0 Å². The Balaban J connectivity index is 2.16. The molecule has 21 heavy (non-hydrogen) atoms. The van der Waals surface area contributed by atoms with E-state index >= 15 is 0 Å². The van der Waals surface area contributed by atoms with Crippen LogP contribution in [0.2, 0.25) is 5.02 Å². The lowest BCUT2D eigenvalue weighted by Gasteiger charge is -2.16. The molecule has 114 valence electrons. The Morgan fingerprint density at radius 2 is 2.14 bits per heavy atom. The number of carboxylic acid groups (broad SMARTS) is 1. The van der Waals surface area contributed by atoms with Crippen LogP contribution >= 0.6 is 11.6 Å². The predicted molar refractivity (Wildman–Crippen MR) is 70.2 cm³/mol. The zero-order valence-electron chi connectivity index (χ0n) is 10.6. The summed E-state index contributed by atoms with van der Waals surface area (Å²) in [7, 11) is 0. The van der Waals surface area contributed by atoms with E-state index in [2.05, 4.69) is 5.32 Å². The second kappa shape index (κ2) is 5.95. The third-order valence-electron chi connectivity index (χ3n) is 2.87. The molecule has 0 fully saturated rings. The molecule has 1 aromatic heterocycles. The number of halogens is 4. The highest BCUT2D eigenvalue weighted by molar-refractivity contribution is 6.31. The molecule has 1 heterocycles. The zero-order valence-corrected chi connectivity index (χ0v) is 11.3. The van der Waals surface area contributed by atoms with Crippen LogP contribution in [-0.4, -0.2) is 23.3 Å². The number of hydrogen-bond donors (Lipinski definition) is 2. The fraction of sp³-hybridized carbons (Fsp3) is 0.308. The van der Waals surface area contributed by atoms with E-state index in [9.17, 15) is 18.0 Å². The number of benzene rings is 1. The maximum absolute atomic E-state index is 12.3. The molecule has 0 aliphatic rings. The summed E-state index contributed by atoms with van der Waals surface area (Å²) in [5, 5.41) is 12.3. The summed E-state index contributed by atoms with van der Waals surface area (Å²) >= 11 is 5.90. The Bertz CT molecular complexity index is 654. The minimum atomic E-state index is -4.57. The second-order valence-corrected chi connectivity index (χ2v) is 4.93. The van der Waals surface area contributed by atoms with E-state index < -0.39 is 24.6 Å². The van der Waals surface area contributed by atoms with Crippen molar-refractivity contribution in [3.63, 3.8) is 0 Å². The number of aliphatic carboxylic acids is 1. The van der Waals surface area contributed by atoms with Gasteiger partial charge in [0.2, 0.25) is 0 Å². The number of rotatable bonds is 5. The van der Waals surface area contributed by atoms with E-state index in [1.807, 2.05) is 0 Å². The topological polar surface area (TPSA) is 62.5 Å². The van der Waals surface area contributed by atoms with E-state index in [1.54, 1.807) is 12.1 Å². The number of carbonyl (C=O) groups is 1. The number of alkyl halides is 3. The quantitative estimate of drug-likeness (QED) is 0.883. The van der Waals surface area contributed by atoms with Gasteiger partial charge in [0.25, 0.3) is 0 Å². The van der Waals surface area contributed by atoms with Crippen LogP contribution < -0.4 is 5.32 Å². The number of fused-ring (bicyclic) bond motifs is 1. The van der Waals surface area contributed by atoms with Gasteiger partial charge in [-0.15, -0.1) is 0 Å². The summed E-state index contributed by atoms with van der Waals surface area (Å²) in [6, 6.07) is 3.10. The molecule has 0 amide bonds. The Morgan fingerprint density at radius 1 is 1.43 bits per heavy atom. The van der Waals surface area contributed by atoms with Gasteiger partial charge in [-0.25, -0.2) is 0 Å². The molecule has 0 aliphatic heterocycles. The van der Waals surface area contributed by atoms with Gasteiger partial charge in [-0.3, -0.25) is 10.1 Å². The van der Waals surface area contributed by atoms with Gasteiger partial charge in [0, 0.05) is 22.5 Å². The van der Waals surface area contributed by atoms with Crippen LogP contribution in [0.4, 0.5) is 13.2 Å². The molecule has 1 unspecified atom stereocenters. The van der Waals surface area contributed by atoms with Crippen LogP contribution in [0.15, 0.2) is 28.9 Å². The van der Waals surface area contributed by atoms with Crippen molar-refractivity contribution >= 4 is 28.5 Å². The van der Waals surface area contributed by atoms with Gasteiger partial charge in [-0.1, -0.05) is 11.6 Å². The summed E-state index contributed by atoms with van der Waals surface area (Å²) in [5.41, 5.74) is 0.957. The predicted octanol–water partition coefficient (Wildman–Crippen LogP) is 3.58. The van der Waals surface area contributed by atoms with Crippen LogP contribution in [-0.2, 0) is 11.3 Å². The maximum atomic E-state index is 12.3. The monoisotopic (exact) mass is 321 g/mol. The average molecular weight is 322 g/mol. The van der Waals surface area contributed by atoms with Crippen molar-refractivity contribution in [1.29, 1.82) is 0 Å². The molecule has 2 rings (SSSR count). The van der Waals surface area contributed by atoms with Crippen LogP contribution in [0.5, 0.6) is 0 Å². The lowest BCUT2D eigenvalue weighted by Crippen LogP contribution is -2.39. The first-order valence-corrected chi connectivity index (χ1v) is 6.32. The molecule has 0 saturated carbocycles. The van der Waals surface area contributed by atoms with Gasteiger partial charge in [0.05, 0.1) is 12.7 Å². The molecule has 1 aromatic carbocycles. The normalized spacial score (nSPS) is 13.5. The summed E-state index contributed by atoms with van der Waals surface area (Å²) in [4.78, 5) is 10.9. The third kappa shape index (κ3) is 4.12. The Morgan fingerprint density at radius 3 is 2.76 bits per heavy atom. The summed E-state index contributed by atoms with van der Waals surface area (Å²) in [6.45, 7) is -0.0996. The van der Waals surface area contributed by atoms with Gasteiger partial charge in [0.1, 0.15) is 11.6 Å². The Labute approximate surface area is 122 Å². The summed E-state index contributed by atoms with van der Waals surface area (Å²) in [5.74, 6) is -1.56. The molecule has 2 N–H and O–H groups in total. The lowest BCUT2D eigenvalue weighted by atomic mass is 10.1. The van der Waals surface area contributed by atoms with Gasteiger partial charge < -0.3 is 9.52 Å². The number of carboxylic acids is 1. The number of nitrogens with one attached hydrogen (secondary N) is 1. The zero-order chi connectivity index (χ0) is 15.6. The molecule has 1 atom stereocenters. The first-order valence-electron chi connectivity index (χ1n) is 5.95. The van der Waals surface area contributed by atoms with Crippen molar-refractivity contribution in [2.45, 2.75) is 25.2 Å². The molecule has 0 spiro atoms. The molecule has 0 bridgehead atoms. The van der Waals surface area contributed by atoms with Crippen LogP contribution in [0, 0.1) is 0 Å². The smallest absolute Gasteiger partial charge is 0.391 e. The largest absolute Gasteiger partial charge is 0.480 e. The first kappa shape index (κ1) is 15.7. The van der Waals surface area contributed by atoms with Gasteiger partial charge in [-0.05, 0) is 18.2 Å². The van der Waals surface area contributed by atoms with Crippen molar-refractivity contribution in [2.75, 3.05) is 0 Å². The van der Waals surface area contributed by atoms with Crippen molar-refractivity contribution in [1.82, 2.24) is 5.32 Å². The minimum Gasteiger partial charge on any atom is -0.480 e. The number of furan rings is 1. The first-order chi connectivity index (χ1) is 9.76. The Hall–Kier alpha value is -1.73. The second-order valence-electron chi connectivity index (χ2n) is 4.49. The van der Waals surface area contributed by atoms with E-state index in [1.165, 1.54) is 12.3 Å². The minimum absolute atomic E-state index is 0.0996. The molecule has 2 aromatic rings. The number of hydrogen-bond acceptors (Lipinski definition) is 3. The van der Waals surface area contributed by atoms with E-state index in [-0.39, 0.29) is 6.54 Å². The SMILES string of the molecule is O=C(O)C(CC(F)(F)F)NCc1cc(Cl)cc2ccoc12. The van der Waals surface area contributed by atoms with E-state index in [4.69, 9.17) is 21.1 Å². The highest BCUT2D eigenvalue weighted by atomic mass is 35.5. The fourth-order valence-electron chi connectivity index (χ4n) is 1.96. The van der Waals surface area contributed by atoms with Crippen molar-refractivity contribution in [3.05, 3.63) is 35.0 Å². The van der Waals surface area contributed by atoms with Gasteiger partial charge in [0.15, 0.2) is 0 Å². The highest BCUT2D eigenvalue weighted by Gasteiger charge is 2.35. The van der Waals surface area contributed by atoms with Crippen molar-refractivity contribution < 1.29 is 27.5 Å². The average Bonchev–Trinajstić information content (AvgIpc) is 2.80. The maximum Gasteiger partial charge on any atom is 0.391 e. The van der Waals surface area contributed by atoms with E-state index in [0.717, 1.165) is 0 Å². The van der Waals surface area contributed by atoms with Crippen LogP contribution in [0.1, 0.15) is 12.0 Å². The van der Waals surface area contributed by atoms with Crippen molar-refractivity contribution in [2.24, 2.45) is 0 Å². The van der Waals surface area contributed by atoms with Crippen LogP contribution in [0.3, 0.4) is 0 Å².